The highest BCUT2D eigenvalue weighted by Gasteiger charge is 2.45. The molecule has 4 rings (SSSR count). The molecule has 1 aliphatic rings. The van der Waals surface area contributed by atoms with Gasteiger partial charge in [-0.25, -0.2) is 18.0 Å². The molecular formula is C28H29F3N2O2. The molecule has 1 heterocycles. The van der Waals surface area contributed by atoms with Gasteiger partial charge in [0.25, 0.3) is 0 Å². The maximum absolute atomic E-state index is 14.2. The summed E-state index contributed by atoms with van der Waals surface area (Å²) in [7, 11) is 3.40. The van der Waals surface area contributed by atoms with Gasteiger partial charge in [0.1, 0.15) is 17.5 Å². The van der Waals surface area contributed by atoms with Gasteiger partial charge in [0.2, 0.25) is 0 Å². The van der Waals surface area contributed by atoms with Gasteiger partial charge in [-0.3, -0.25) is 0 Å². The number of urea groups is 1. The number of amides is 2. The first kappa shape index (κ1) is 24.8. The number of rotatable bonds is 7. The Labute approximate surface area is 203 Å². The summed E-state index contributed by atoms with van der Waals surface area (Å²) >= 11 is 0. The van der Waals surface area contributed by atoms with E-state index in [0.29, 0.717) is 37.1 Å². The molecule has 0 radical (unpaired) electrons. The molecule has 2 atom stereocenters. The van der Waals surface area contributed by atoms with Crippen molar-refractivity contribution in [3.8, 4) is 11.1 Å². The Kier molecular flexibility index (Phi) is 7.17. The smallest absolute Gasteiger partial charge is 0.320 e. The second-order valence-electron chi connectivity index (χ2n) is 8.99. The lowest BCUT2D eigenvalue weighted by atomic mass is 9.80. The molecule has 2 amide bonds. The zero-order valence-corrected chi connectivity index (χ0v) is 20.1. The highest BCUT2D eigenvalue weighted by atomic mass is 19.1. The normalized spacial score (nSPS) is 19.2. The lowest BCUT2D eigenvalue weighted by Gasteiger charge is -2.50. The number of hydrogen-bond acceptors (Lipinski definition) is 2. The summed E-state index contributed by atoms with van der Waals surface area (Å²) in [6, 6.07) is 16.8. The van der Waals surface area contributed by atoms with Crippen molar-refractivity contribution >= 4 is 6.03 Å². The first-order valence-electron chi connectivity index (χ1n) is 11.6. The van der Waals surface area contributed by atoms with Crippen LogP contribution in [0.15, 0.2) is 66.7 Å². The zero-order chi connectivity index (χ0) is 25.2. The number of hydrogen-bond donors (Lipinski definition) is 0. The number of methoxy groups -OCH3 is 1. The van der Waals surface area contributed by atoms with E-state index in [-0.39, 0.29) is 17.9 Å². The molecule has 2 unspecified atom stereocenters. The standard InChI is InChI=1S/C28H29F3N2O2/c1-19(20-4-6-21(7-5-20)25-13-12-24(30)18-26(25)31)33-16-14-28(15-17-35-3,32(2)27(33)34)22-8-10-23(29)11-9-22/h4-13,18-19H,14-17H2,1-3H3. The molecule has 0 N–H and O–H groups in total. The summed E-state index contributed by atoms with van der Waals surface area (Å²) in [5.74, 6) is -1.56. The van der Waals surface area contributed by atoms with Gasteiger partial charge in [-0.15, -0.1) is 0 Å². The number of nitrogens with zero attached hydrogens (tertiary/aromatic N) is 2. The predicted octanol–water partition coefficient (Wildman–Crippen LogP) is 6.52. The summed E-state index contributed by atoms with van der Waals surface area (Å²) in [5, 5.41) is 0. The molecule has 35 heavy (non-hydrogen) atoms. The third kappa shape index (κ3) is 4.78. The largest absolute Gasteiger partial charge is 0.385 e. The van der Waals surface area contributed by atoms with Crippen LogP contribution >= 0.6 is 0 Å². The van der Waals surface area contributed by atoms with Crippen LogP contribution in [-0.2, 0) is 10.3 Å². The summed E-state index contributed by atoms with van der Waals surface area (Å²) in [6.45, 7) is 2.94. The van der Waals surface area contributed by atoms with E-state index in [1.54, 1.807) is 43.3 Å². The highest BCUT2D eigenvalue weighted by molar-refractivity contribution is 5.77. The number of benzene rings is 3. The van der Waals surface area contributed by atoms with Crippen molar-refractivity contribution in [2.24, 2.45) is 0 Å². The fourth-order valence-electron chi connectivity index (χ4n) is 4.95. The quantitative estimate of drug-likeness (QED) is 0.384. The van der Waals surface area contributed by atoms with Gasteiger partial charge in [0.15, 0.2) is 0 Å². The molecular weight excluding hydrogens is 453 g/mol. The summed E-state index contributed by atoms with van der Waals surface area (Å²) in [6.07, 6.45) is 1.25. The molecule has 1 aliphatic heterocycles. The van der Waals surface area contributed by atoms with Crippen molar-refractivity contribution in [3.05, 3.63) is 95.3 Å². The average molecular weight is 483 g/mol. The Hall–Kier alpha value is -3.32. The van der Waals surface area contributed by atoms with Crippen LogP contribution in [0.3, 0.4) is 0 Å². The van der Waals surface area contributed by atoms with Gasteiger partial charge in [-0.05, 0) is 60.7 Å². The minimum Gasteiger partial charge on any atom is -0.385 e. The number of carbonyl (C=O) groups is 1. The summed E-state index contributed by atoms with van der Waals surface area (Å²) in [4.78, 5) is 17.1. The van der Waals surface area contributed by atoms with Crippen LogP contribution in [-0.4, -0.2) is 43.1 Å². The van der Waals surface area contributed by atoms with Crippen molar-refractivity contribution in [2.45, 2.75) is 31.3 Å². The van der Waals surface area contributed by atoms with E-state index in [4.69, 9.17) is 4.74 Å². The Morgan fingerprint density at radius 3 is 2.26 bits per heavy atom. The van der Waals surface area contributed by atoms with Crippen LogP contribution in [0.5, 0.6) is 0 Å². The minimum atomic E-state index is -0.619. The van der Waals surface area contributed by atoms with Gasteiger partial charge in [-0.1, -0.05) is 36.4 Å². The minimum absolute atomic E-state index is 0.127. The summed E-state index contributed by atoms with van der Waals surface area (Å²) in [5.41, 5.74) is 2.15. The number of carbonyl (C=O) groups excluding carboxylic acids is 1. The first-order chi connectivity index (χ1) is 16.8. The van der Waals surface area contributed by atoms with Gasteiger partial charge < -0.3 is 14.5 Å². The molecule has 1 saturated heterocycles. The average Bonchev–Trinajstić information content (AvgIpc) is 2.85. The van der Waals surface area contributed by atoms with Gasteiger partial charge in [-0.2, -0.15) is 0 Å². The zero-order valence-electron chi connectivity index (χ0n) is 20.1. The fraction of sp³-hybridized carbons (Fsp3) is 0.321. The molecule has 0 saturated carbocycles. The van der Waals surface area contributed by atoms with E-state index in [9.17, 15) is 18.0 Å². The molecule has 3 aromatic carbocycles. The molecule has 0 aromatic heterocycles. The van der Waals surface area contributed by atoms with Crippen molar-refractivity contribution < 1.29 is 22.7 Å². The third-order valence-corrected chi connectivity index (χ3v) is 7.15. The maximum atomic E-state index is 14.2. The van der Waals surface area contributed by atoms with Crippen molar-refractivity contribution in [1.82, 2.24) is 9.80 Å². The van der Waals surface area contributed by atoms with Crippen LogP contribution in [0.25, 0.3) is 11.1 Å². The number of ether oxygens (including phenoxy) is 1. The molecule has 0 aliphatic carbocycles. The molecule has 184 valence electrons. The first-order valence-corrected chi connectivity index (χ1v) is 11.6. The van der Waals surface area contributed by atoms with Crippen LogP contribution in [0, 0.1) is 17.5 Å². The Balaban J connectivity index is 1.56. The van der Waals surface area contributed by atoms with Crippen LogP contribution in [0.1, 0.15) is 36.9 Å². The predicted molar refractivity (Wildman–Crippen MR) is 129 cm³/mol. The third-order valence-electron chi connectivity index (χ3n) is 7.15. The van der Waals surface area contributed by atoms with E-state index in [2.05, 4.69) is 0 Å². The Morgan fingerprint density at radius 1 is 0.971 bits per heavy atom. The molecule has 0 spiro atoms. The van der Waals surface area contributed by atoms with E-state index < -0.39 is 17.2 Å². The van der Waals surface area contributed by atoms with E-state index in [0.717, 1.165) is 17.2 Å². The van der Waals surface area contributed by atoms with Gasteiger partial charge in [0, 0.05) is 38.9 Å². The summed E-state index contributed by atoms with van der Waals surface area (Å²) < 4.78 is 46.3. The monoisotopic (exact) mass is 482 g/mol. The van der Waals surface area contributed by atoms with Crippen molar-refractivity contribution in [2.75, 3.05) is 27.3 Å². The molecule has 7 heteroatoms. The van der Waals surface area contributed by atoms with Crippen LogP contribution < -0.4 is 0 Å². The second kappa shape index (κ2) is 10.1. The molecule has 0 bridgehead atoms. The van der Waals surface area contributed by atoms with E-state index in [1.807, 2.05) is 24.0 Å². The van der Waals surface area contributed by atoms with Crippen LogP contribution in [0.2, 0.25) is 0 Å². The van der Waals surface area contributed by atoms with Crippen molar-refractivity contribution in [1.29, 1.82) is 0 Å². The Bertz CT molecular complexity index is 1180. The molecule has 1 fully saturated rings. The molecule has 3 aromatic rings. The van der Waals surface area contributed by atoms with Crippen LogP contribution in [0.4, 0.5) is 18.0 Å². The highest BCUT2D eigenvalue weighted by Crippen LogP contribution is 2.41. The SMILES string of the molecule is COCCC1(c2ccc(F)cc2)CCN(C(C)c2ccc(-c3ccc(F)cc3F)cc2)C(=O)N1C. The number of halogens is 3. The van der Waals surface area contributed by atoms with Gasteiger partial charge in [0.05, 0.1) is 11.6 Å². The lowest BCUT2D eigenvalue weighted by molar-refractivity contribution is 0.0210. The lowest BCUT2D eigenvalue weighted by Crippen LogP contribution is -2.59. The van der Waals surface area contributed by atoms with E-state index in [1.165, 1.54) is 24.3 Å². The molecule has 4 nitrogen and oxygen atoms in total. The Morgan fingerprint density at radius 2 is 1.63 bits per heavy atom. The topological polar surface area (TPSA) is 32.8 Å². The second-order valence-corrected chi connectivity index (χ2v) is 8.99. The fourth-order valence-corrected chi connectivity index (χ4v) is 4.95. The van der Waals surface area contributed by atoms with Crippen molar-refractivity contribution in [3.63, 3.8) is 0 Å². The van der Waals surface area contributed by atoms with E-state index >= 15 is 0 Å². The van der Waals surface area contributed by atoms with Gasteiger partial charge >= 0.3 is 6.03 Å². The maximum Gasteiger partial charge on any atom is 0.320 e.